The number of nitrogens with two attached hydrogens (primary N) is 1. The van der Waals surface area contributed by atoms with Crippen LogP contribution >= 0.6 is 0 Å². The molecule has 0 aliphatic heterocycles. The Balaban J connectivity index is 3.42. The molecule has 1 atom stereocenters. The van der Waals surface area contributed by atoms with Crippen LogP contribution in [0, 0.1) is 5.41 Å². The number of aliphatic hydroxyl groups is 1. The van der Waals surface area contributed by atoms with Crippen molar-refractivity contribution in [2.75, 3.05) is 19.7 Å². The van der Waals surface area contributed by atoms with Crippen LogP contribution in [-0.4, -0.2) is 30.8 Å². The molecule has 0 saturated heterocycles. The molecule has 0 spiro atoms. The van der Waals surface area contributed by atoms with Crippen molar-refractivity contribution in [3.8, 4) is 0 Å². The molecule has 12 heavy (non-hydrogen) atoms. The molecular weight excluding hydrogens is 152 g/mol. The van der Waals surface area contributed by atoms with Gasteiger partial charge in [0.25, 0.3) is 0 Å². The third-order valence-corrected chi connectivity index (χ3v) is 2.20. The molecule has 0 amide bonds. The normalized spacial score (nSPS) is 14.8. The summed E-state index contributed by atoms with van der Waals surface area (Å²) in [5.41, 5.74) is 5.86. The minimum Gasteiger partial charge on any atom is -0.395 e. The van der Waals surface area contributed by atoms with E-state index in [1.807, 2.05) is 0 Å². The van der Waals surface area contributed by atoms with Crippen molar-refractivity contribution in [1.29, 1.82) is 0 Å². The summed E-state index contributed by atoms with van der Waals surface area (Å²) in [6.45, 7) is 8.30. The Labute approximate surface area is 75.3 Å². The Bertz CT molecular complexity index is 115. The molecule has 3 nitrogen and oxygen atoms in total. The molecule has 0 rings (SSSR count). The highest BCUT2D eigenvalue weighted by molar-refractivity contribution is 4.71. The van der Waals surface area contributed by atoms with Gasteiger partial charge in [-0.05, 0) is 11.8 Å². The monoisotopic (exact) mass is 174 g/mol. The summed E-state index contributed by atoms with van der Waals surface area (Å²) < 4.78 is 0. The van der Waals surface area contributed by atoms with E-state index in [0.29, 0.717) is 12.0 Å². The highest BCUT2D eigenvalue weighted by Gasteiger charge is 2.14. The van der Waals surface area contributed by atoms with E-state index in [1.165, 1.54) is 0 Å². The van der Waals surface area contributed by atoms with E-state index in [2.05, 4.69) is 26.1 Å². The van der Waals surface area contributed by atoms with Gasteiger partial charge in [0.05, 0.1) is 6.61 Å². The molecule has 4 N–H and O–H groups in total. The van der Waals surface area contributed by atoms with Crippen molar-refractivity contribution in [1.82, 2.24) is 5.32 Å². The summed E-state index contributed by atoms with van der Waals surface area (Å²) in [6.07, 6.45) is 1.15. The minimum atomic E-state index is -0.127. The average molecular weight is 174 g/mol. The van der Waals surface area contributed by atoms with Crippen LogP contribution in [0.15, 0.2) is 0 Å². The number of nitrogens with one attached hydrogen (secondary N) is 1. The third kappa shape index (κ3) is 5.52. The Morgan fingerprint density at radius 2 is 2.08 bits per heavy atom. The fraction of sp³-hybridized carbons (Fsp3) is 1.00. The van der Waals surface area contributed by atoms with Crippen molar-refractivity contribution >= 4 is 0 Å². The average Bonchev–Trinajstić information content (AvgIpc) is 2.04. The predicted molar refractivity (Wildman–Crippen MR) is 52.0 cm³/mol. The van der Waals surface area contributed by atoms with E-state index in [1.54, 1.807) is 0 Å². The van der Waals surface area contributed by atoms with E-state index in [9.17, 15) is 0 Å². The van der Waals surface area contributed by atoms with Gasteiger partial charge in [-0.15, -0.1) is 0 Å². The maximum atomic E-state index is 8.66. The van der Waals surface area contributed by atoms with Crippen LogP contribution in [0.1, 0.15) is 27.2 Å². The van der Waals surface area contributed by atoms with Gasteiger partial charge in [-0.1, -0.05) is 20.8 Å². The van der Waals surface area contributed by atoms with Crippen molar-refractivity contribution in [2.45, 2.75) is 33.2 Å². The highest BCUT2D eigenvalue weighted by Crippen LogP contribution is 2.17. The second-order valence-electron chi connectivity index (χ2n) is 4.09. The molecule has 0 saturated carbocycles. The Morgan fingerprint density at radius 1 is 1.50 bits per heavy atom. The molecule has 0 aromatic rings. The van der Waals surface area contributed by atoms with Crippen molar-refractivity contribution < 1.29 is 5.11 Å². The van der Waals surface area contributed by atoms with Crippen LogP contribution in [0.5, 0.6) is 0 Å². The summed E-state index contributed by atoms with van der Waals surface area (Å²) in [6, 6.07) is -0.127. The number of rotatable bonds is 6. The smallest absolute Gasteiger partial charge is 0.0594 e. The second-order valence-corrected chi connectivity index (χ2v) is 4.09. The molecule has 0 aromatic heterocycles. The summed E-state index contributed by atoms with van der Waals surface area (Å²) >= 11 is 0. The highest BCUT2D eigenvalue weighted by atomic mass is 16.3. The van der Waals surface area contributed by atoms with Gasteiger partial charge in [-0.2, -0.15) is 0 Å². The summed E-state index contributed by atoms with van der Waals surface area (Å²) in [5.74, 6) is 0. The second kappa shape index (κ2) is 5.51. The first kappa shape index (κ1) is 11.9. The first-order valence-electron chi connectivity index (χ1n) is 4.59. The lowest BCUT2D eigenvalue weighted by molar-refractivity contribution is 0.253. The quantitative estimate of drug-likeness (QED) is 0.544. The molecule has 1 unspecified atom stereocenters. The zero-order valence-electron chi connectivity index (χ0n) is 8.43. The zero-order chi connectivity index (χ0) is 9.61. The van der Waals surface area contributed by atoms with Gasteiger partial charge in [0.1, 0.15) is 0 Å². The molecule has 0 aromatic carbocycles. The summed E-state index contributed by atoms with van der Waals surface area (Å²) in [7, 11) is 0. The third-order valence-electron chi connectivity index (χ3n) is 2.20. The minimum absolute atomic E-state index is 0.0551. The Kier molecular flexibility index (Phi) is 5.46. The summed E-state index contributed by atoms with van der Waals surface area (Å²) in [4.78, 5) is 0. The topological polar surface area (TPSA) is 58.3 Å². The standard InChI is InChI=1S/C9H22N2O/c1-4-9(2,3)7-11-5-8(10)6-12/h8,11-12H,4-7,10H2,1-3H3. The lowest BCUT2D eigenvalue weighted by atomic mass is 9.90. The maximum absolute atomic E-state index is 8.66. The van der Waals surface area contributed by atoms with Crippen LogP contribution in [0.3, 0.4) is 0 Å². The van der Waals surface area contributed by atoms with Gasteiger partial charge in [0.2, 0.25) is 0 Å². The van der Waals surface area contributed by atoms with E-state index in [-0.39, 0.29) is 12.6 Å². The molecule has 3 heteroatoms. The van der Waals surface area contributed by atoms with Gasteiger partial charge < -0.3 is 16.2 Å². The fourth-order valence-electron chi connectivity index (χ4n) is 0.786. The molecule has 74 valence electrons. The van der Waals surface area contributed by atoms with E-state index >= 15 is 0 Å². The van der Waals surface area contributed by atoms with Crippen LogP contribution in [0.25, 0.3) is 0 Å². The molecule has 0 fully saturated rings. The SMILES string of the molecule is CCC(C)(C)CNCC(N)CO. The Hall–Kier alpha value is -0.120. The largest absolute Gasteiger partial charge is 0.395 e. The molecule has 0 bridgehead atoms. The molecule has 0 heterocycles. The van der Waals surface area contributed by atoms with E-state index in [0.717, 1.165) is 13.0 Å². The first-order valence-corrected chi connectivity index (χ1v) is 4.59. The number of hydrogen-bond acceptors (Lipinski definition) is 3. The van der Waals surface area contributed by atoms with Gasteiger partial charge in [-0.25, -0.2) is 0 Å². The van der Waals surface area contributed by atoms with Gasteiger partial charge in [0, 0.05) is 19.1 Å². The molecule has 0 radical (unpaired) electrons. The lowest BCUT2D eigenvalue weighted by Crippen LogP contribution is -2.40. The van der Waals surface area contributed by atoms with Gasteiger partial charge in [0.15, 0.2) is 0 Å². The molecular formula is C9H22N2O. The molecule has 0 aliphatic rings. The summed E-state index contributed by atoms with van der Waals surface area (Å²) in [5, 5.41) is 11.9. The number of aliphatic hydroxyl groups excluding tert-OH is 1. The van der Waals surface area contributed by atoms with E-state index in [4.69, 9.17) is 10.8 Å². The van der Waals surface area contributed by atoms with Crippen LogP contribution in [-0.2, 0) is 0 Å². The predicted octanol–water partition coefficient (Wildman–Crippen LogP) is 0.332. The van der Waals surface area contributed by atoms with Gasteiger partial charge in [-0.3, -0.25) is 0 Å². The number of hydrogen-bond donors (Lipinski definition) is 3. The zero-order valence-corrected chi connectivity index (χ0v) is 8.43. The van der Waals surface area contributed by atoms with Crippen LogP contribution in [0.2, 0.25) is 0 Å². The van der Waals surface area contributed by atoms with Gasteiger partial charge >= 0.3 is 0 Å². The van der Waals surface area contributed by atoms with Crippen LogP contribution in [0.4, 0.5) is 0 Å². The lowest BCUT2D eigenvalue weighted by Gasteiger charge is -2.23. The maximum Gasteiger partial charge on any atom is 0.0594 e. The Morgan fingerprint density at radius 3 is 2.50 bits per heavy atom. The van der Waals surface area contributed by atoms with Crippen molar-refractivity contribution in [3.63, 3.8) is 0 Å². The molecule has 0 aliphatic carbocycles. The van der Waals surface area contributed by atoms with Crippen molar-refractivity contribution in [2.24, 2.45) is 11.1 Å². The van der Waals surface area contributed by atoms with Crippen molar-refractivity contribution in [3.05, 3.63) is 0 Å². The van der Waals surface area contributed by atoms with Crippen LogP contribution < -0.4 is 11.1 Å². The fourth-order valence-corrected chi connectivity index (χ4v) is 0.786. The van der Waals surface area contributed by atoms with E-state index < -0.39 is 0 Å². The first-order chi connectivity index (χ1) is 5.52.